The molecule has 0 heterocycles. The van der Waals surface area contributed by atoms with E-state index in [1.165, 1.54) is 18.9 Å². The molecule has 0 bridgehead atoms. The summed E-state index contributed by atoms with van der Waals surface area (Å²) in [6, 6.07) is 11.0. The summed E-state index contributed by atoms with van der Waals surface area (Å²) in [5, 5.41) is 6.33. The maximum absolute atomic E-state index is 12.3. The van der Waals surface area contributed by atoms with Crippen molar-refractivity contribution in [3.05, 3.63) is 47.0 Å². The first-order chi connectivity index (χ1) is 13.4. The lowest BCUT2D eigenvalue weighted by molar-refractivity contribution is -0.116. The average Bonchev–Trinajstić information content (AvgIpc) is 2.67. The largest absolute Gasteiger partial charge is 0.495 e. The highest BCUT2D eigenvalue weighted by molar-refractivity contribution is 8.00. The number of thioether (sulfide) groups is 1. The molecule has 0 spiro atoms. The average molecular weight is 421 g/mol. The first-order valence-corrected chi connectivity index (χ1v) is 10.5. The van der Waals surface area contributed by atoms with Crippen LogP contribution in [0.2, 0.25) is 5.02 Å². The molecule has 0 fully saturated rings. The predicted molar refractivity (Wildman–Crippen MR) is 117 cm³/mol. The van der Waals surface area contributed by atoms with Crippen LogP contribution in [0.4, 0.5) is 11.4 Å². The molecular weight excluding hydrogens is 396 g/mol. The Morgan fingerprint density at radius 2 is 1.93 bits per heavy atom. The molecule has 0 atom stereocenters. The van der Waals surface area contributed by atoms with Gasteiger partial charge in [-0.25, -0.2) is 0 Å². The molecule has 0 saturated carbocycles. The lowest BCUT2D eigenvalue weighted by Gasteiger charge is -2.12. The van der Waals surface area contributed by atoms with Gasteiger partial charge in [0.15, 0.2) is 0 Å². The van der Waals surface area contributed by atoms with Crippen molar-refractivity contribution >= 4 is 46.6 Å². The molecule has 0 saturated heterocycles. The van der Waals surface area contributed by atoms with Gasteiger partial charge in [-0.2, -0.15) is 0 Å². The maximum atomic E-state index is 12.3. The molecule has 0 aliphatic carbocycles. The summed E-state index contributed by atoms with van der Waals surface area (Å²) in [7, 11) is 1.53. The number of aryl methyl sites for hydroxylation is 1. The Hall–Kier alpha value is -2.18. The van der Waals surface area contributed by atoms with Crippen LogP contribution < -0.4 is 15.4 Å². The molecule has 2 aromatic rings. The number of hydrogen-bond donors (Lipinski definition) is 2. The summed E-state index contributed by atoms with van der Waals surface area (Å²) in [6.07, 6.45) is 2.36. The molecule has 0 unspecified atom stereocenters. The summed E-state index contributed by atoms with van der Waals surface area (Å²) < 4.78 is 5.28. The minimum atomic E-state index is -0.151. The van der Waals surface area contributed by atoms with Gasteiger partial charge in [-0.15, -0.1) is 11.8 Å². The maximum Gasteiger partial charge on any atom is 0.234 e. The van der Waals surface area contributed by atoms with Crippen molar-refractivity contribution in [2.75, 3.05) is 23.5 Å². The van der Waals surface area contributed by atoms with Gasteiger partial charge in [-0.05, 0) is 43.2 Å². The number of methoxy groups -OCH3 is 1. The van der Waals surface area contributed by atoms with Gasteiger partial charge >= 0.3 is 0 Å². The minimum Gasteiger partial charge on any atom is -0.495 e. The van der Waals surface area contributed by atoms with Crippen molar-refractivity contribution < 1.29 is 14.3 Å². The molecular formula is C21H25ClN2O3S. The Labute approximate surface area is 175 Å². The fourth-order valence-corrected chi connectivity index (χ4v) is 3.40. The topological polar surface area (TPSA) is 67.4 Å². The van der Waals surface area contributed by atoms with E-state index >= 15 is 0 Å². The third kappa shape index (κ3) is 6.77. The molecule has 2 N–H and O–H groups in total. The standard InChI is InChI=1S/C21H25ClN2O3S/c1-4-5-9-20(25)23-15-7-6-8-16(11-15)28-13-21(26)24-18-10-14(2)17(22)12-19(18)27-3/h6-8,10-12H,4-5,9,13H2,1-3H3,(H,23,25)(H,24,26). The first kappa shape index (κ1) is 22.1. The Kier molecular flexibility index (Phi) is 8.67. The van der Waals surface area contributed by atoms with Crippen molar-refractivity contribution in [3.63, 3.8) is 0 Å². The van der Waals surface area contributed by atoms with Crippen LogP contribution >= 0.6 is 23.4 Å². The number of ether oxygens (including phenoxy) is 1. The number of amides is 2. The van der Waals surface area contributed by atoms with Gasteiger partial charge in [0.25, 0.3) is 0 Å². The Balaban J connectivity index is 1.93. The van der Waals surface area contributed by atoms with Crippen molar-refractivity contribution in [1.29, 1.82) is 0 Å². The van der Waals surface area contributed by atoms with Crippen LogP contribution in [-0.4, -0.2) is 24.7 Å². The summed E-state index contributed by atoms with van der Waals surface area (Å²) >= 11 is 7.49. The number of halogens is 1. The SMILES string of the molecule is CCCCC(=O)Nc1cccc(SCC(=O)Nc2cc(C)c(Cl)cc2OC)c1. The number of anilines is 2. The number of hydrogen-bond acceptors (Lipinski definition) is 4. The molecule has 0 aliphatic rings. The van der Waals surface area contributed by atoms with Gasteiger partial charge in [-0.3, -0.25) is 9.59 Å². The van der Waals surface area contributed by atoms with Crippen LogP contribution in [0.25, 0.3) is 0 Å². The van der Waals surface area contributed by atoms with Crippen molar-refractivity contribution in [2.45, 2.75) is 38.0 Å². The fraction of sp³-hybridized carbons (Fsp3) is 0.333. The molecule has 2 rings (SSSR count). The number of nitrogens with one attached hydrogen (secondary N) is 2. The van der Waals surface area contributed by atoms with E-state index in [2.05, 4.69) is 17.6 Å². The third-order valence-electron chi connectivity index (χ3n) is 4.00. The van der Waals surface area contributed by atoms with Crippen molar-refractivity contribution in [1.82, 2.24) is 0 Å². The normalized spacial score (nSPS) is 10.4. The Morgan fingerprint density at radius 1 is 1.14 bits per heavy atom. The second kappa shape index (κ2) is 11.0. The van der Waals surface area contributed by atoms with Crippen LogP contribution in [0.3, 0.4) is 0 Å². The highest BCUT2D eigenvalue weighted by Crippen LogP contribution is 2.31. The van der Waals surface area contributed by atoms with E-state index in [-0.39, 0.29) is 17.6 Å². The van der Waals surface area contributed by atoms with Crippen LogP contribution in [0.5, 0.6) is 5.75 Å². The van der Waals surface area contributed by atoms with E-state index in [0.717, 1.165) is 29.0 Å². The molecule has 2 aromatic carbocycles. The monoisotopic (exact) mass is 420 g/mol. The highest BCUT2D eigenvalue weighted by Gasteiger charge is 2.11. The minimum absolute atomic E-state index is 0.00643. The summed E-state index contributed by atoms with van der Waals surface area (Å²) in [4.78, 5) is 25.1. The smallest absolute Gasteiger partial charge is 0.234 e. The molecule has 28 heavy (non-hydrogen) atoms. The van der Waals surface area contributed by atoms with Gasteiger partial charge < -0.3 is 15.4 Å². The number of carbonyl (C=O) groups excluding carboxylic acids is 2. The third-order valence-corrected chi connectivity index (χ3v) is 5.40. The summed E-state index contributed by atoms with van der Waals surface area (Å²) in [6.45, 7) is 3.92. The van der Waals surface area contributed by atoms with Gasteiger partial charge in [0.05, 0.1) is 18.6 Å². The number of carbonyl (C=O) groups is 2. The lowest BCUT2D eigenvalue weighted by Crippen LogP contribution is -2.15. The zero-order chi connectivity index (χ0) is 20.5. The quantitative estimate of drug-likeness (QED) is 0.524. The zero-order valence-corrected chi connectivity index (χ0v) is 17.9. The van der Waals surface area contributed by atoms with Crippen molar-refractivity contribution in [2.24, 2.45) is 0 Å². The van der Waals surface area contributed by atoms with E-state index in [4.69, 9.17) is 16.3 Å². The second-order valence-electron chi connectivity index (χ2n) is 6.32. The van der Waals surface area contributed by atoms with Gasteiger partial charge in [0.2, 0.25) is 11.8 Å². The number of rotatable bonds is 9. The van der Waals surface area contributed by atoms with Gasteiger partial charge in [0.1, 0.15) is 5.75 Å². The van der Waals surface area contributed by atoms with E-state index in [9.17, 15) is 9.59 Å². The molecule has 5 nitrogen and oxygen atoms in total. The number of benzene rings is 2. The summed E-state index contributed by atoms with van der Waals surface area (Å²) in [5.41, 5.74) is 2.19. The lowest BCUT2D eigenvalue weighted by atomic mass is 10.2. The van der Waals surface area contributed by atoms with E-state index in [1.54, 1.807) is 12.1 Å². The van der Waals surface area contributed by atoms with Crippen LogP contribution in [0.1, 0.15) is 31.7 Å². The van der Waals surface area contributed by atoms with Crippen LogP contribution in [0.15, 0.2) is 41.3 Å². The van der Waals surface area contributed by atoms with Crippen LogP contribution in [-0.2, 0) is 9.59 Å². The Morgan fingerprint density at radius 3 is 2.64 bits per heavy atom. The Bertz CT molecular complexity index is 842. The van der Waals surface area contributed by atoms with E-state index in [0.29, 0.717) is 22.9 Å². The second-order valence-corrected chi connectivity index (χ2v) is 7.77. The highest BCUT2D eigenvalue weighted by atomic mass is 35.5. The van der Waals surface area contributed by atoms with E-state index in [1.807, 2.05) is 31.2 Å². The first-order valence-electron chi connectivity index (χ1n) is 9.09. The molecule has 0 radical (unpaired) electrons. The fourth-order valence-electron chi connectivity index (χ4n) is 2.49. The van der Waals surface area contributed by atoms with Gasteiger partial charge in [-0.1, -0.05) is 31.0 Å². The van der Waals surface area contributed by atoms with E-state index < -0.39 is 0 Å². The molecule has 2 amide bonds. The molecule has 0 aliphatic heterocycles. The predicted octanol–water partition coefficient (Wildman–Crippen LogP) is 5.52. The molecule has 7 heteroatoms. The number of unbranched alkanes of at least 4 members (excludes halogenated alkanes) is 1. The molecule has 0 aromatic heterocycles. The zero-order valence-electron chi connectivity index (χ0n) is 16.3. The van der Waals surface area contributed by atoms with Crippen LogP contribution in [0, 0.1) is 6.92 Å². The summed E-state index contributed by atoms with van der Waals surface area (Å²) in [5.74, 6) is 0.609. The molecule has 150 valence electrons. The van der Waals surface area contributed by atoms with Gasteiger partial charge in [0, 0.05) is 28.1 Å². The van der Waals surface area contributed by atoms with Crippen molar-refractivity contribution in [3.8, 4) is 5.75 Å².